The highest BCUT2D eigenvalue weighted by molar-refractivity contribution is 7.98. The molecule has 0 N–H and O–H groups in total. The quantitative estimate of drug-likeness (QED) is 0.648. The largest absolute Gasteiger partial charge is 0.497 e. The van der Waals surface area contributed by atoms with Crippen LogP contribution in [0.5, 0.6) is 5.75 Å². The summed E-state index contributed by atoms with van der Waals surface area (Å²) < 4.78 is 12.8. The Kier molecular flexibility index (Phi) is 4.69. The molecule has 3 aromatic rings. The molecule has 8 heteroatoms. The fourth-order valence-electron chi connectivity index (χ4n) is 2.88. The molecule has 0 spiro atoms. The lowest BCUT2D eigenvalue weighted by Crippen LogP contribution is -2.02. The number of thioether (sulfide) groups is 1. The molecule has 0 atom stereocenters. The van der Waals surface area contributed by atoms with Crippen molar-refractivity contribution in [2.75, 3.05) is 7.11 Å². The Morgan fingerprint density at radius 1 is 1.24 bits per heavy atom. The van der Waals surface area contributed by atoms with E-state index in [2.05, 4.69) is 24.9 Å². The van der Waals surface area contributed by atoms with Crippen molar-refractivity contribution in [1.82, 2.24) is 24.9 Å². The first-order chi connectivity index (χ1) is 12.3. The van der Waals surface area contributed by atoms with Crippen molar-refractivity contribution in [2.24, 2.45) is 0 Å². The molecule has 0 unspecified atom stereocenters. The van der Waals surface area contributed by atoms with E-state index < -0.39 is 0 Å². The Balaban J connectivity index is 1.46. The average Bonchev–Trinajstić information content (AvgIpc) is 3.21. The fraction of sp³-hybridized carbons (Fsp3) is 0.412. The molecule has 0 aliphatic carbocycles. The van der Waals surface area contributed by atoms with Gasteiger partial charge in [0.25, 0.3) is 0 Å². The Morgan fingerprint density at radius 2 is 2.20 bits per heavy atom. The third-order valence-electron chi connectivity index (χ3n) is 4.20. The van der Waals surface area contributed by atoms with Crippen molar-refractivity contribution >= 4 is 11.8 Å². The molecule has 1 aromatic carbocycles. The van der Waals surface area contributed by atoms with E-state index in [9.17, 15) is 0 Å². The molecule has 0 bridgehead atoms. The van der Waals surface area contributed by atoms with E-state index in [1.165, 1.54) is 19.3 Å². The second-order valence-electron chi connectivity index (χ2n) is 5.89. The number of methoxy groups -OCH3 is 1. The van der Waals surface area contributed by atoms with Crippen molar-refractivity contribution in [2.45, 2.75) is 43.1 Å². The van der Waals surface area contributed by atoms with Gasteiger partial charge < -0.3 is 13.8 Å². The lowest BCUT2D eigenvalue weighted by molar-refractivity contribution is 0.391. The van der Waals surface area contributed by atoms with Gasteiger partial charge in [-0.25, -0.2) is 0 Å². The van der Waals surface area contributed by atoms with Gasteiger partial charge in [0.15, 0.2) is 5.16 Å². The van der Waals surface area contributed by atoms with Crippen LogP contribution in [0.25, 0.3) is 11.4 Å². The van der Waals surface area contributed by atoms with Gasteiger partial charge >= 0.3 is 0 Å². The predicted molar refractivity (Wildman–Crippen MR) is 93.4 cm³/mol. The zero-order valence-corrected chi connectivity index (χ0v) is 14.8. The lowest BCUT2D eigenvalue weighted by Gasteiger charge is -2.04. The summed E-state index contributed by atoms with van der Waals surface area (Å²) in [7, 11) is 1.64. The molecular weight excluding hydrogens is 338 g/mol. The normalized spacial score (nSPS) is 14.1. The Hall–Kier alpha value is -2.35. The molecule has 4 rings (SSSR count). The fourth-order valence-corrected chi connectivity index (χ4v) is 3.71. The summed E-state index contributed by atoms with van der Waals surface area (Å²) in [6.45, 7) is 0.990. The third kappa shape index (κ3) is 3.53. The molecule has 3 heterocycles. The first kappa shape index (κ1) is 16.1. The monoisotopic (exact) mass is 357 g/mol. The molecule has 0 fully saturated rings. The maximum absolute atomic E-state index is 5.38. The van der Waals surface area contributed by atoms with Crippen LogP contribution in [-0.2, 0) is 18.7 Å². The second kappa shape index (κ2) is 7.26. The molecule has 0 amide bonds. The predicted octanol–water partition coefficient (Wildman–Crippen LogP) is 3.36. The Bertz CT molecular complexity index is 860. The first-order valence-corrected chi connectivity index (χ1v) is 9.34. The molecule has 0 saturated carbocycles. The summed E-state index contributed by atoms with van der Waals surface area (Å²) in [5, 5.41) is 13.6. The summed E-state index contributed by atoms with van der Waals surface area (Å²) in [5.41, 5.74) is 0.871. The second-order valence-corrected chi connectivity index (χ2v) is 6.84. The van der Waals surface area contributed by atoms with Crippen LogP contribution in [0.1, 0.15) is 31.0 Å². The van der Waals surface area contributed by atoms with Gasteiger partial charge in [-0.2, -0.15) is 4.98 Å². The molecule has 130 valence electrons. The Morgan fingerprint density at radius 3 is 3.12 bits per heavy atom. The number of hydrogen-bond acceptors (Lipinski definition) is 7. The molecule has 1 aliphatic rings. The van der Waals surface area contributed by atoms with Crippen LogP contribution in [0.4, 0.5) is 0 Å². The van der Waals surface area contributed by atoms with Gasteiger partial charge in [-0.05, 0) is 25.0 Å². The number of benzene rings is 1. The van der Waals surface area contributed by atoms with Gasteiger partial charge in [-0.3, -0.25) is 0 Å². The van der Waals surface area contributed by atoms with Crippen molar-refractivity contribution < 1.29 is 9.26 Å². The minimum atomic E-state index is 0.564. The van der Waals surface area contributed by atoms with E-state index in [4.69, 9.17) is 9.26 Å². The van der Waals surface area contributed by atoms with Gasteiger partial charge in [-0.15, -0.1) is 10.2 Å². The van der Waals surface area contributed by atoms with Crippen molar-refractivity contribution in [3.05, 3.63) is 36.0 Å². The highest BCUT2D eigenvalue weighted by atomic mass is 32.2. The van der Waals surface area contributed by atoms with E-state index >= 15 is 0 Å². The molecule has 0 saturated heterocycles. The average molecular weight is 357 g/mol. The van der Waals surface area contributed by atoms with E-state index in [0.717, 1.165) is 35.3 Å². The summed E-state index contributed by atoms with van der Waals surface area (Å²) >= 11 is 1.59. The van der Waals surface area contributed by atoms with Crippen LogP contribution >= 0.6 is 11.8 Å². The van der Waals surface area contributed by atoms with Gasteiger partial charge in [0, 0.05) is 18.5 Å². The topological polar surface area (TPSA) is 78.9 Å². The molecule has 7 nitrogen and oxygen atoms in total. The van der Waals surface area contributed by atoms with E-state index in [-0.39, 0.29) is 0 Å². The number of rotatable bonds is 5. The smallest absolute Gasteiger partial charge is 0.237 e. The van der Waals surface area contributed by atoms with Crippen LogP contribution in [0, 0.1) is 0 Å². The van der Waals surface area contributed by atoms with Crippen LogP contribution < -0.4 is 4.74 Å². The van der Waals surface area contributed by atoms with E-state index in [0.29, 0.717) is 17.5 Å². The number of hydrogen-bond donors (Lipinski definition) is 0. The first-order valence-electron chi connectivity index (χ1n) is 8.35. The SMILES string of the molecule is COc1cccc(-c2noc(CSc3nnc4n3CCCCC4)n2)c1. The maximum atomic E-state index is 5.38. The minimum Gasteiger partial charge on any atom is -0.497 e. The molecule has 25 heavy (non-hydrogen) atoms. The van der Waals surface area contributed by atoms with Gasteiger partial charge in [0.1, 0.15) is 11.6 Å². The molecule has 1 aliphatic heterocycles. The van der Waals surface area contributed by atoms with Crippen LogP contribution in [0.3, 0.4) is 0 Å². The number of aryl methyl sites for hydroxylation is 1. The van der Waals surface area contributed by atoms with Crippen LogP contribution in [0.2, 0.25) is 0 Å². The van der Waals surface area contributed by atoms with Crippen molar-refractivity contribution in [3.8, 4) is 17.1 Å². The number of aromatic nitrogens is 5. The third-order valence-corrected chi connectivity index (χ3v) is 5.15. The zero-order valence-electron chi connectivity index (χ0n) is 14.0. The standard InChI is InChI=1S/C17H19N5O2S/c1-23-13-7-5-6-12(10-13)16-18-15(24-21-16)11-25-17-20-19-14-8-3-2-4-9-22(14)17/h5-7,10H,2-4,8-9,11H2,1H3. The highest BCUT2D eigenvalue weighted by Gasteiger charge is 2.16. The van der Waals surface area contributed by atoms with Crippen molar-refractivity contribution in [1.29, 1.82) is 0 Å². The van der Waals surface area contributed by atoms with Crippen LogP contribution in [-0.4, -0.2) is 32.0 Å². The van der Waals surface area contributed by atoms with Gasteiger partial charge in [0.2, 0.25) is 11.7 Å². The molecule has 2 aromatic heterocycles. The Labute approximate surface area is 149 Å². The van der Waals surface area contributed by atoms with E-state index in [1.807, 2.05) is 24.3 Å². The van der Waals surface area contributed by atoms with Gasteiger partial charge in [0.05, 0.1) is 12.9 Å². The van der Waals surface area contributed by atoms with E-state index in [1.54, 1.807) is 18.9 Å². The summed E-state index contributed by atoms with van der Waals surface area (Å²) in [6, 6.07) is 7.62. The number of fused-ring (bicyclic) bond motifs is 1. The van der Waals surface area contributed by atoms with Crippen molar-refractivity contribution in [3.63, 3.8) is 0 Å². The summed E-state index contributed by atoms with van der Waals surface area (Å²) in [6.07, 6.45) is 4.63. The van der Waals surface area contributed by atoms with Crippen LogP contribution in [0.15, 0.2) is 33.9 Å². The highest BCUT2D eigenvalue weighted by Crippen LogP contribution is 2.26. The summed E-state index contributed by atoms with van der Waals surface area (Å²) in [5.74, 6) is 3.57. The maximum Gasteiger partial charge on any atom is 0.237 e. The zero-order chi connectivity index (χ0) is 17.1. The van der Waals surface area contributed by atoms with Gasteiger partial charge in [-0.1, -0.05) is 35.5 Å². The summed E-state index contributed by atoms with van der Waals surface area (Å²) in [4.78, 5) is 4.47. The minimum absolute atomic E-state index is 0.564. The number of ether oxygens (including phenoxy) is 1. The molecule has 0 radical (unpaired) electrons. The number of nitrogens with zero attached hydrogens (tertiary/aromatic N) is 5. The lowest BCUT2D eigenvalue weighted by atomic mass is 10.2. The molecular formula is C17H19N5O2S.